The summed E-state index contributed by atoms with van der Waals surface area (Å²) >= 11 is 1.51. The highest BCUT2D eigenvalue weighted by molar-refractivity contribution is 7.16. The standard InChI is InChI=1S/C17H16F3N7S/c1-9-13-11(17(18,19)20)7-12(25-15(13)27(2)26-9)21-4-5-22-14-10-3-6-28-16(10)24-8-23-14/h3,6-8H,4-5H2,1-2H3,(H,21,25)(H,22,23,24). The topological polar surface area (TPSA) is 80.5 Å². The Labute approximate surface area is 161 Å². The number of anilines is 2. The molecule has 146 valence electrons. The van der Waals surface area contributed by atoms with Crippen molar-refractivity contribution in [1.82, 2.24) is 24.7 Å². The van der Waals surface area contributed by atoms with E-state index in [2.05, 4.69) is 30.7 Å². The number of alkyl halides is 3. The maximum absolute atomic E-state index is 13.5. The number of hydrogen-bond donors (Lipinski definition) is 2. The molecule has 4 heterocycles. The molecule has 4 aromatic heterocycles. The minimum Gasteiger partial charge on any atom is -0.368 e. The lowest BCUT2D eigenvalue weighted by Gasteiger charge is -2.13. The molecule has 7 nitrogen and oxygen atoms in total. The van der Waals surface area contributed by atoms with Crippen molar-refractivity contribution < 1.29 is 13.2 Å². The van der Waals surface area contributed by atoms with Gasteiger partial charge in [0, 0.05) is 20.1 Å². The molecule has 4 aromatic rings. The number of nitrogens with one attached hydrogen (secondary N) is 2. The lowest BCUT2D eigenvalue weighted by atomic mass is 10.1. The van der Waals surface area contributed by atoms with Crippen molar-refractivity contribution in [3.05, 3.63) is 35.1 Å². The number of aryl methyl sites for hydroxylation is 2. The van der Waals surface area contributed by atoms with Gasteiger partial charge in [0.1, 0.15) is 22.8 Å². The Morgan fingerprint density at radius 3 is 2.75 bits per heavy atom. The number of pyridine rings is 1. The molecule has 0 aliphatic rings. The first-order chi connectivity index (χ1) is 13.3. The van der Waals surface area contributed by atoms with Crippen LogP contribution >= 0.6 is 11.3 Å². The van der Waals surface area contributed by atoms with E-state index in [0.29, 0.717) is 24.6 Å². The van der Waals surface area contributed by atoms with Crippen molar-refractivity contribution in [2.75, 3.05) is 23.7 Å². The average molecular weight is 407 g/mol. The zero-order valence-corrected chi connectivity index (χ0v) is 15.8. The Hall–Kier alpha value is -2.95. The van der Waals surface area contributed by atoms with E-state index in [4.69, 9.17) is 0 Å². The molecule has 0 amide bonds. The summed E-state index contributed by atoms with van der Waals surface area (Å²) in [4.78, 5) is 13.6. The van der Waals surface area contributed by atoms with E-state index in [1.807, 2.05) is 11.4 Å². The van der Waals surface area contributed by atoms with Gasteiger partial charge in [-0.05, 0) is 24.4 Å². The van der Waals surface area contributed by atoms with Crippen LogP contribution in [-0.2, 0) is 13.2 Å². The molecule has 0 atom stereocenters. The van der Waals surface area contributed by atoms with E-state index in [9.17, 15) is 13.2 Å². The number of thiophene rings is 1. The fraction of sp³-hybridized carbons (Fsp3) is 0.294. The first-order valence-corrected chi connectivity index (χ1v) is 9.30. The molecule has 2 N–H and O–H groups in total. The minimum atomic E-state index is -4.49. The Balaban J connectivity index is 1.52. The maximum Gasteiger partial charge on any atom is 0.417 e. The van der Waals surface area contributed by atoms with Crippen LogP contribution in [0.15, 0.2) is 23.8 Å². The van der Waals surface area contributed by atoms with Gasteiger partial charge in [0.15, 0.2) is 5.65 Å². The van der Waals surface area contributed by atoms with E-state index >= 15 is 0 Å². The SMILES string of the molecule is Cc1nn(C)c2nc(NCCNc3ncnc4sccc34)cc(C(F)(F)F)c12. The molecule has 0 bridgehead atoms. The number of aromatic nitrogens is 5. The molecule has 4 rings (SSSR count). The maximum atomic E-state index is 13.5. The van der Waals surface area contributed by atoms with Gasteiger partial charge in [0.2, 0.25) is 0 Å². The molecule has 0 aliphatic carbocycles. The van der Waals surface area contributed by atoms with Gasteiger partial charge >= 0.3 is 6.18 Å². The number of nitrogens with zero attached hydrogens (tertiary/aromatic N) is 5. The molecule has 0 radical (unpaired) electrons. The van der Waals surface area contributed by atoms with E-state index in [0.717, 1.165) is 16.3 Å². The highest BCUT2D eigenvalue weighted by Crippen LogP contribution is 2.37. The zero-order chi connectivity index (χ0) is 19.9. The highest BCUT2D eigenvalue weighted by Gasteiger charge is 2.35. The van der Waals surface area contributed by atoms with Crippen LogP contribution in [0.1, 0.15) is 11.3 Å². The van der Waals surface area contributed by atoms with Gasteiger partial charge < -0.3 is 10.6 Å². The third kappa shape index (κ3) is 3.33. The molecule has 28 heavy (non-hydrogen) atoms. The summed E-state index contributed by atoms with van der Waals surface area (Å²) in [7, 11) is 1.58. The van der Waals surface area contributed by atoms with Crippen molar-refractivity contribution in [1.29, 1.82) is 0 Å². The summed E-state index contributed by atoms with van der Waals surface area (Å²) in [5, 5.41) is 13.0. The predicted molar refractivity (Wildman–Crippen MR) is 103 cm³/mol. The first kappa shape index (κ1) is 18.4. The summed E-state index contributed by atoms with van der Waals surface area (Å²) in [5.74, 6) is 0.836. The first-order valence-electron chi connectivity index (χ1n) is 8.42. The Bertz CT molecular complexity index is 1150. The third-order valence-corrected chi connectivity index (χ3v) is 5.08. The normalized spacial score (nSPS) is 12.0. The fourth-order valence-corrected chi connectivity index (χ4v) is 3.79. The molecule has 0 aliphatic heterocycles. The predicted octanol–water partition coefficient (Wildman–Crippen LogP) is 3.82. The van der Waals surface area contributed by atoms with Gasteiger partial charge in [-0.15, -0.1) is 11.3 Å². The molecule has 0 unspecified atom stereocenters. The van der Waals surface area contributed by atoms with Crippen LogP contribution in [-0.4, -0.2) is 37.8 Å². The molecule has 0 saturated carbocycles. The van der Waals surface area contributed by atoms with Crippen molar-refractivity contribution in [3.63, 3.8) is 0 Å². The molecular weight excluding hydrogens is 391 g/mol. The van der Waals surface area contributed by atoms with Crippen molar-refractivity contribution in [2.24, 2.45) is 7.05 Å². The van der Waals surface area contributed by atoms with Gasteiger partial charge in [-0.1, -0.05) is 0 Å². The summed E-state index contributed by atoms with van der Waals surface area (Å²) in [6.07, 6.45) is -3.01. The second-order valence-electron chi connectivity index (χ2n) is 6.18. The van der Waals surface area contributed by atoms with Crippen LogP contribution in [0.2, 0.25) is 0 Å². The monoisotopic (exact) mass is 407 g/mol. The van der Waals surface area contributed by atoms with Gasteiger partial charge in [-0.2, -0.15) is 18.3 Å². The van der Waals surface area contributed by atoms with Gasteiger partial charge in [-0.25, -0.2) is 15.0 Å². The number of fused-ring (bicyclic) bond motifs is 2. The van der Waals surface area contributed by atoms with Crippen LogP contribution < -0.4 is 10.6 Å². The molecule has 11 heteroatoms. The lowest BCUT2D eigenvalue weighted by molar-refractivity contribution is -0.136. The second kappa shape index (κ2) is 6.89. The van der Waals surface area contributed by atoms with Gasteiger partial charge in [0.05, 0.1) is 22.0 Å². The Morgan fingerprint density at radius 1 is 1.18 bits per heavy atom. The van der Waals surface area contributed by atoms with Gasteiger partial charge in [-0.3, -0.25) is 4.68 Å². The lowest BCUT2D eigenvalue weighted by Crippen LogP contribution is -2.16. The smallest absolute Gasteiger partial charge is 0.368 e. The van der Waals surface area contributed by atoms with Crippen molar-refractivity contribution in [2.45, 2.75) is 13.1 Å². The van der Waals surface area contributed by atoms with E-state index in [1.165, 1.54) is 22.3 Å². The number of rotatable bonds is 5. The minimum absolute atomic E-state index is 0.0273. The van der Waals surface area contributed by atoms with Crippen molar-refractivity contribution in [3.8, 4) is 0 Å². The van der Waals surface area contributed by atoms with Crippen molar-refractivity contribution >= 4 is 44.2 Å². The summed E-state index contributed by atoms with van der Waals surface area (Å²) in [5.41, 5.74) is -0.248. The third-order valence-electron chi connectivity index (χ3n) is 4.26. The highest BCUT2D eigenvalue weighted by atomic mass is 32.1. The molecule has 0 aromatic carbocycles. The van der Waals surface area contributed by atoms with Crippen LogP contribution in [0.4, 0.5) is 24.8 Å². The molecule has 0 fully saturated rings. The Kier molecular flexibility index (Phi) is 4.53. The van der Waals surface area contributed by atoms with E-state index in [-0.39, 0.29) is 16.9 Å². The van der Waals surface area contributed by atoms with Crippen LogP contribution in [0, 0.1) is 6.92 Å². The second-order valence-corrected chi connectivity index (χ2v) is 7.07. The van der Waals surface area contributed by atoms with E-state index < -0.39 is 11.7 Å². The van der Waals surface area contributed by atoms with Crippen LogP contribution in [0.25, 0.3) is 21.3 Å². The van der Waals surface area contributed by atoms with Gasteiger partial charge in [0.25, 0.3) is 0 Å². The largest absolute Gasteiger partial charge is 0.417 e. The van der Waals surface area contributed by atoms with Crippen LogP contribution in [0.5, 0.6) is 0 Å². The quantitative estimate of drug-likeness (QED) is 0.490. The zero-order valence-electron chi connectivity index (χ0n) is 15.0. The molecular formula is C17H16F3N7S. The number of halogens is 3. The summed E-state index contributed by atoms with van der Waals surface area (Å²) in [6, 6.07) is 2.95. The van der Waals surface area contributed by atoms with Crippen LogP contribution in [0.3, 0.4) is 0 Å². The summed E-state index contributed by atoms with van der Waals surface area (Å²) in [6.45, 7) is 2.36. The Morgan fingerprint density at radius 2 is 1.96 bits per heavy atom. The molecule has 0 spiro atoms. The average Bonchev–Trinajstić information content (AvgIpc) is 3.23. The number of hydrogen-bond acceptors (Lipinski definition) is 7. The molecule has 0 saturated heterocycles. The van der Waals surface area contributed by atoms with E-state index in [1.54, 1.807) is 14.0 Å². The fourth-order valence-electron chi connectivity index (χ4n) is 3.06. The summed E-state index contributed by atoms with van der Waals surface area (Å²) < 4.78 is 41.8.